The topological polar surface area (TPSA) is 135 Å². The van der Waals surface area contributed by atoms with Gasteiger partial charge in [-0.15, -0.1) is 0 Å². The second-order valence-corrected chi connectivity index (χ2v) is 9.59. The van der Waals surface area contributed by atoms with Crippen molar-refractivity contribution in [3.05, 3.63) is 144 Å². The van der Waals surface area contributed by atoms with Gasteiger partial charge >= 0.3 is 23.9 Å². The van der Waals surface area contributed by atoms with Crippen LogP contribution in [0.5, 0.6) is 0 Å². The molecule has 0 radical (unpaired) electrons. The summed E-state index contributed by atoms with van der Waals surface area (Å²) in [6.07, 6.45) is -5.51. The Labute approximate surface area is 261 Å². The summed E-state index contributed by atoms with van der Waals surface area (Å²) in [5.74, 6) is -2.43. The van der Waals surface area contributed by atoms with Crippen LogP contribution < -0.4 is 0 Å². The third-order valence-corrected chi connectivity index (χ3v) is 6.46. The molecule has 1 fully saturated rings. The van der Waals surface area contributed by atoms with Crippen LogP contribution in [0, 0.1) is 0 Å². The van der Waals surface area contributed by atoms with Gasteiger partial charge in [0.1, 0.15) is 0 Å². The number of aliphatic hydroxyl groups is 1. The number of hydrogen-bond acceptors (Lipinski definition) is 10. The van der Waals surface area contributed by atoms with Crippen LogP contribution in [0.2, 0.25) is 0 Å². The molecular weight excluding hydrogens is 580 g/mol. The molecule has 1 N–H and O–H groups in total. The first kappa shape index (κ1) is 32.6. The maximum absolute atomic E-state index is 12.8. The normalized spacial score (nSPS) is 18.7. The van der Waals surface area contributed by atoms with Gasteiger partial charge in [0.05, 0.1) is 35.5 Å². The molecule has 1 aliphatic rings. The number of rotatable bonds is 8. The lowest BCUT2D eigenvalue weighted by Crippen LogP contribution is -2.57. The van der Waals surface area contributed by atoms with Gasteiger partial charge in [0.15, 0.2) is 24.6 Å². The quantitative estimate of drug-likeness (QED) is 0.210. The predicted molar refractivity (Wildman–Crippen MR) is 163 cm³/mol. The molecular formula is C35H34O10. The minimum atomic E-state index is -1.60. The number of ether oxygens (including phenoxy) is 5. The molecule has 1 saturated heterocycles. The zero-order valence-electron chi connectivity index (χ0n) is 24.4. The van der Waals surface area contributed by atoms with Crippen LogP contribution in [0.1, 0.15) is 49.8 Å². The Bertz CT molecular complexity index is 1540. The second kappa shape index (κ2) is 16.5. The highest BCUT2D eigenvalue weighted by Gasteiger charge is 2.47. The summed E-state index contributed by atoms with van der Waals surface area (Å²) >= 11 is 0. The molecule has 45 heavy (non-hydrogen) atoms. The van der Waals surface area contributed by atoms with E-state index in [4.69, 9.17) is 23.7 Å². The largest absolute Gasteiger partial charge is 0.462 e. The Hall–Kier alpha value is -5.32. The van der Waals surface area contributed by atoms with Crippen LogP contribution in [0.15, 0.2) is 121 Å². The van der Waals surface area contributed by atoms with Crippen molar-refractivity contribution in [3.8, 4) is 0 Å². The highest BCUT2D eigenvalue weighted by molar-refractivity contribution is 5.91. The van der Waals surface area contributed by atoms with Gasteiger partial charge < -0.3 is 28.8 Å². The van der Waals surface area contributed by atoms with Crippen LogP contribution in [0.25, 0.3) is 0 Å². The summed E-state index contributed by atoms with van der Waals surface area (Å²) in [4.78, 5) is 49.1. The minimum Gasteiger partial charge on any atom is -0.462 e. The average molecular weight is 615 g/mol. The fourth-order valence-corrected chi connectivity index (χ4v) is 4.23. The summed E-state index contributed by atoms with van der Waals surface area (Å²) in [5, 5.41) is 10.5. The fraction of sp³-hybridized carbons (Fsp3) is 0.200. The summed E-state index contributed by atoms with van der Waals surface area (Å²) in [7, 11) is 0. The van der Waals surface area contributed by atoms with Crippen LogP contribution in [-0.4, -0.2) is 66.8 Å². The van der Waals surface area contributed by atoms with Crippen molar-refractivity contribution in [2.45, 2.75) is 31.5 Å². The van der Waals surface area contributed by atoms with Crippen molar-refractivity contribution in [2.24, 2.45) is 0 Å². The first-order chi connectivity index (χ1) is 21.9. The Balaban J connectivity index is 0.000000408. The van der Waals surface area contributed by atoms with E-state index in [0.29, 0.717) is 12.2 Å². The number of hydrogen-bond donors (Lipinski definition) is 1. The van der Waals surface area contributed by atoms with E-state index in [1.54, 1.807) is 97.9 Å². The first-order valence-corrected chi connectivity index (χ1v) is 14.2. The van der Waals surface area contributed by atoms with Gasteiger partial charge in [0.25, 0.3) is 0 Å². The molecule has 0 amide bonds. The van der Waals surface area contributed by atoms with Gasteiger partial charge in [-0.1, -0.05) is 72.8 Å². The Morgan fingerprint density at radius 2 is 0.956 bits per heavy atom. The van der Waals surface area contributed by atoms with Crippen molar-refractivity contribution in [3.63, 3.8) is 0 Å². The summed E-state index contributed by atoms with van der Waals surface area (Å²) in [5.41, 5.74) is 1.35. The highest BCUT2D eigenvalue weighted by atomic mass is 16.7. The molecule has 0 bridgehead atoms. The molecule has 1 heterocycles. The molecule has 10 nitrogen and oxygen atoms in total. The van der Waals surface area contributed by atoms with E-state index >= 15 is 0 Å². The van der Waals surface area contributed by atoms with Crippen molar-refractivity contribution >= 4 is 23.9 Å². The van der Waals surface area contributed by atoms with Crippen molar-refractivity contribution in [1.29, 1.82) is 0 Å². The zero-order valence-corrected chi connectivity index (χ0v) is 24.4. The van der Waals surface area contributed by atoms with Crippen LogP contribution in [0.3, 0.4) is 0 Å². The molecule has 0 aliphatic carbocycles. The Morgan fingerprint density at radius 1 is 0.600 bits per heavy atom. The van der Waals surface area contributed by atoms with E-state index in [9.17, 15) is 24.3 Å². The van der Waals surface area contributed by atoms with Gasteiger partial charge in [-0.2, -0.15) is 0 Å². The van der Waals surface area contributed by atoms with Crippen LogP contribution in [-0.2, 0) is 23.7 Å². The lowest BCUT2D eigenvalue weighted by molar-refractivity contribution is -0.251. The smallest absolute Gasteiger partial charge is 0.338 e. The molecule has 1 aliphatic heterocycles. The number of benzene rings is 4. The molecule has 5 rings (SSSR count). The van der Waals surface area contributed by atoms with Gasteiger partial charge in [0.2, 0.25) is 0 Å². The summed E-state index contributed by atoms with van der Waals surface area (Å²) < 4.78 is 26.7. The average Bonchev–Trinajstić information content (AvgIpc) is 3.09. The first-order valence-electron chi connectivity index (χ1n) is 14.2. The maximum Gasteiger partial charge on any atom is 0.338 e. The van der Waals surface area contributed by atoms with Gasteiger partial charge in [-0.3, -0.25) is 0 Å². The molecule has 4 aromatic carbocycles. The predicted octanol–water partition coefficient (Wildman–Crippen LogP) is 5.12. The van der Waals surface area contributed by atoms with E-state index in [1.165, 1.54) is 12.1 Å². The van der Waals surface area contributed by atoms with Gasteiger partial charge in [-0.25, -0.2) is 19.2 Å². The standard InChI is InChI=1S/C26H22O8.C9H10O2.H2/c27-23(17-10-4-1-5-11-17)32-20-16-31-26(30)22(34-25(29)19-14-8-3-9-15-19)21(20)33-24(28)18-12-6-2-7-13-18;1-2-11-9(10)8-6-4-3-5-7-8;/h1-15,20-22,26,30H,16H2;3-7H,2H2,1H3;1H/t20-,21-,22+,26?;;/m0../s1. The highest BCUT2D eigenvalue weighted by Crippen LogP contribution is 2.25. The van der Waals surface area contributed by atoms with E-state index in [-0.39, 0.29) is 30.7 Å². The Morgan fingerprint density at radius 3 is 1.36 bits per heavy atom. The molecule has 4 aromatic rings. The lowest BCUT2D eigenvalue weighted by Gasteiger charge is -2.38. The summed E-state index contributed by atoms with van der Waals surface area (Å²) in [6.45, 7) is 1.94. The lowest BCUT2D eigenvalue weighted by atomic mass is 10.0. The van der Waals surface area contributed by atoms with Crippen LogP contribution >= 0.6 is 0 Å². The molecule has 0 aromatic heterocycles. The fourth-order valence-electron chi connectivity index (χ4n) is 4.23. The Kier molecular flexibility index (Phi) is 12.0. The molecule has 0 spiro atoms. The molecule has 10 heteroatoms. The van der Waals surface area contributed by atoms with Gasteiger partial charge in [0, 0.05) is 1.43 Å². The van der Waals surface area contributed by atoms with Crippen molar-refractivity contribution < 1.29 is 49.4 Å². The number of esters is 4. The van der Waals surface area contributed by atoms with E-state index in [2.05, 4.69) is 0 Å². The van der Waals surface area contributed by atoms with Crippen molar-refractivity contribution in [2.75, 3.05) is 13.2 Å². The van der Waals surface area contributed by atoms with E-state index in [1.807, 2.05) is 18.2 Å². The number of carbonyl (C=O) groups is 4. The van der Waals surface area contributed by atoms with E-state index in [0.717, 1.165) is 0 Å². The molecule has 0 saturated carbocycles. The monoisotopic (exact) mass is 614 g/mol. The van der Waals surface area contributed by atoms with Crippen molar-refractivity contribution in [1.82, 2.24) is 0 Å². The second-order valence-electron chi connectivity index (χ2n) is 9.59. The zero-order chi connectivity index (χ0) is 32.0. The van der Waals surface area contributed by atoms with E-state index < -0.39 is 42.5 Å². The number of aliphatic hydroxyl groups excluding tert-OH is 1. The number of carbonyl (C=O) groups excluding carboxylic acids is 4. The minimum absolute atomic E-state index is 0. The summed E-state index contributed by atoms with van der Waals surface area (Å²) in [6, 6.07) is 33.5. The molecule has 4 atom stereocenters. The third kappa shape index (κ3) is 9.33. The van der Waals surface area contributed by atoms with Gasteiger partial charge in [-0.05, 0) is 55.5 Å². The SMILES string of the molecule is CCOC(=O)c1ccccc1.O=C(O[C@H]1[C@@H](OC(=O)c2ccccc2)COC(O)[C@@H]1OC(=O)c1ccccc1)c1ccccc1.[HH]. The maximum atomic E-state index is 12.8. The van der Waals surface area contributed by atoms with Crippen LogP contribution in [0.4, 0.5) is 0 Å². The third-order valence-electron chi connectivity index (χ3n) is 6.46. The molecule has 1 unspecified atom stereocenters. The molecule has 234 valence electrons.